The van der Waals surface area contributed by atoms with E-state index in [1.165, 1.54) is 18.0 Å². The lowest BCUT2D eigenvalue weighted by molar-refractivity contribution is -0.113. The molecule has 10 heteroatoms. The van der Waals surface area contributed by atoms with Crippen LogP contribution in [0.25, 0.3) is 11.0 Å². The third-order valence-corrected chi connectivity index (χ3v) is 8.60. The van der Waals surface area contributed by atoms with Gasteiger partial charge in [-0.3, -0.25) is 9.78 Å². The van der Waals surface area contributed by atoms with Crippen LogP contribution in [0.2, 0.25) is 0 Å². The third kappa shape index (κ3) is 4.77. The lowest BCUT2D eigenvalue weighted by Crippen LogP contribution is -2.31. The number of rotatable bonds is 7. The molecule has 2 aliphatic heterocycles. The van der Waals surface area contributed by atoms with Crippen molar-refractivity contribution in [1.29, 1.82) is 0 Å². The lowest BCUT2D eigenvalue weighted by Gasteiger charge is -2.20. The molecule has 3 aromatic rings. The average molecular weight is 509 g/mol. The normalized spacial score (nSPS) is 23.5. The Bertz CT molecular complexity index is 1290. The Kier molecular flexibility index (Phi) is 6.49. The summed E-state index contributed by atoms with van der Waals surface area (Å²) in [5, 5.41) is 6.55. The summed E-state index contributed by atoms with van der Waals surface area (Å²) in [4.78, 5) is 28.4. The number of aromatic nitrogens is 3. The molecule has 1 saturated heterocycles. The van der Waals surface area contributed by atoms with Gasteiger partial charge in [0.25, 0.3) is 0 Å². The smallest absolute Gasteiger partial charge is 0.235 e. The first-order valence-electron chi connectivity index (χ1n) is 12.4. The summed E-state index contributed by atoms with van der Waals surface area (Å²) in [6, 6.07) is 8.14. The molecular formula is C26H29FN6O2S. The molecule has 0 spiro atoms. The number of pyridine rings is 3. The number of halogens is 1. The molecule has 1 unspecified atom stereocenters. The summed E-state index contributed by atoms with van der Waals surface area (Å²) < 4.78 is 19.9. The summed E-state index contributed by atoms with van der Waals surface area (Å²) in [5.74, 6) is 2.63. The van der Waals surface area contributed by atoms with Crippen LogP contribution in [0.3, 0.4) is 0 Å². The number of carbonyl (C=O) groups is 1. The molecule has 2 fully saturated rings. The highest BCUT2D eigenvalue weighted by Gasteiger charge is 2.40. The van der Waals surface area contributed by atoms with Crippen molar-refractivity contribution in [1.82, 2.24) is 25.2 Å². The van der Waals surface area contributed by atoms with Crippen LogP contribution in [0.5, 0.6) is 5.88 Å². The Hall–Kier alpha value is -2.82. The van der Waals surface area contributed by atoms with Crippen molar-refractivity contribution in [2.24, 2.45) is 11.8 Å². The zero-order valence-corrected chi connectivity index (χ0v) is 21.0. The van der Waals surface area contributed by atoms with Gasteiger partial charge in [0, 0.05) is 43.9 Å². The monoisotopic (exact) mass is 508 g/mol. The maximum absolute atomic E-state index is 14.7. The van der Waals surface area contributed by atoms with Crippen LogP contribution in [0.1, 0.15) is 24.1 Å². The van der Waals surface area contributed by atoms with E-state index < -0.39 is 0 Å². The van der Waals surface area contributed by atoms with Crippen LogP contribution in [-0.2, 0) is 17.8 Å². The van der Waals surface area contributed by atoms with Gasteiger partial charge >= 0.3 is 0 Å². The Balaban J connectivity index is 1.02. The van der Waals surface area contributed by atoms with Crippen molar-refractivity contribution in [3.63, 3.8) is 0 Å². The third-order valence-electron chi connectivity index (χ3n) is 7.56. The van der Waals surface area contributed by atoms with Crippen LogP contribution in [0, 0.1) is 17.7 Å². The number of ether oxygens (including phenoxy) is 1. The van der Waals surface area contributed by atoms with Crippen molar-refractivity contribution in [3.8, 4) is 5.88 Å². The summed E-state index contributed by atoms with van der Waals surface area (Å²) in [6.07, 6.45) is 4.18. The van der Waals surface area contributed by atoms with Gasteiger partial charge in [-0.15, -0.1) is 11.8 Å². The first-order chi connectivity index (χ1) is 17.6. The van der Waals surface area contributed by atoms with Crippen LogP contribution >= 0.6 is 11.8 Å². The molecule has 5 heterocycles. The van der Waals surface area contributed by atoms with E-state index in [4.69, 9.17) is 4.74 Å². The van der Waals surface area contributed by atoms with E-state index in [1.807, 2.05) is 18.2 Å². The number of fused-ring (bicyclic) bond motifs is 3. The molecule has 3 aromatic heterocycles. The summed E-state index contributed by atoms with van der Waals surface area (Å²) in [6.45, 7) is 3.60. The number of methoxy groups -OCH3 is 1. The summed E-state index contributed by atoms with van der Waals surface area (Å²) >= 11 is 1.53. The van der Waals surface area contributed by atoms with E-state index in [0.717, 1.165) is 43.1 Å². The Labute approximate surface area is 213 Å². The molecule has 188 valence electrons. The van der Waals surface area contributed by atoms with Gasteiger partial charge in [0.15, 0.2) is 0 Å². The van der Waals surface area contributed by atoms with Crippen molar-refractivity contribution >= 4 is 34.5 Å². The highest BCUT2D eigenvalue weighted by atomic mass is 32.2. The second kappa shape index (κ2) is 9.91. The first-order valence-corrected chi connectivity index (χ1v) is 13.4. The molecule has 0 aromatic carbocycles. The van der Waals surface area contributed by atoms with Gasteiger partial charge in [0.1, 0.15) is 11.6 Å². The Morgan fingerprint density at radius 2 is 2.03 bits per heavy atom. The molecule has 8 nitrogen and oxygen atoms in total. The molecule has 3 atom stereocenters. The van der Waals surface area contributed by atoms with Crippen molar-refractivity contribution < 1.29 is 13.9 Å². The summed E-state index contributed by atoms with van der Waals surface area (Å²) in [5.41, 5.74) is 2.84. The van der Waals surface area contributed by atoms with Gasteiger partial charge in [-0.2, -0.15) is 0 Å². The highest BCUT2D eigenvalue weighted by molar-refractivity contribution is 8.00. The van der Waals surface area contributed by atoms with E-state index in [-0.39, 0.29) is 11.7 Å². The fourth-order valence-corrected chi connectivity index (χ4v) is 6.55. The molecule has 0 radical (unpaired) electrons. The lowest BCUT2D eigenvalue weighted by atomic mass is 10.0. The number of anilines is 1. The quantitative estimate of drug-likeness (QED) is 0.503. The van der Waals surface area contributed by atoms with Crippen LogP contribution < -0.4 is 15.4 Å². The van der Waals surface area contributed by atoms with E-state index in [2.05, 4.69) is 30.5 Å². The maximum atomic E-state index is 14.7. The first kappa shape index (κ1) is 23.6. The number of hydrogen-bond donors (Lipinski definition) is 2. The zero-order valence-electron chi connectivity index (χ0n) is 20.2. The minimum absolute atomic E-state index is 0.00845. The van der Waals surface area contributed by atoms with E-state index >= 15 is 0 Å². The fourth-order valence-electron chi connectivity index (χ4n) is 5.80. The standard InChI is InChI=1S/C26H29FN6O2S/c1-35-24-5-3-21-25(32-24)19(20(27)11-29-21)6-7-33-12-15-8-18(9-16(15)13-33)28-10-17-2-4-22-26(30-17)31-23(34)14-36-22/h2-5,11,15-16,18,28H,6-10,12-14H2,1H3,(H,30,31,34)/t15-,16+,18?. The number of amides is 1. The predicted molar refractivity (Wildman–Crippen MR) is 137 cm³/mol. The van der Waals surface area contributed by atoms with E-state index in [1.54, 1.807) is 13.2 Å². The average Bonchev–Trinajstić information content (AvgIpc) is 3.44. The number of thioether (sulfide) groups is 1. The number of nitrogens with zero attached hydrogens (tertiary/aromatic N) is 4. The Morgan fingerprint density at radius 3 is 2.83 bits per heavy atom. The predicted octanol–water partition coefficient (Wildman–Crippen LogP) is 3.26. The molecule has 2 N–H and O–H groups in total. The van der Waals surface area contributed by atoms with Crippen LogP contribution in [0.15, 0.2) is 35.4 Å². The minimum Gasteiger partial charge on any atom is -0.481 e. The number of nitrogens with one attached hydrogen (secondary N) is 2. The van der Waals surface area contributed by atoms with Crippen LogP contribution in [0.4, 0.5) is 10.2 Å². The molecular weight excluding hydrogens is 479 g/mol. The molecule has 3 aliphatic rings. The van der Waals surface area contributed by atoms with Gasteiger partial charge in [-0.1, -0.05) is 0 Å². The largest absolute Gasteiger partial charge is 0.481 e. The molecule has 36 heavy (non-hydrogen) atoms. The molecule has 0 bridgehead atoms. The number of hydrogen-bond acceptors (Lipinski definition) is 8. The van der Waals surface area contributed by atoms with Crippen molar-refractivity contribution in [2.45, 2.75) is 36.7 Å². The number of likely N-dealkylation sites (tertiary alicyclic amines) is 1. The van der Waals surface area contributed by atoms with E-state index in [9.17, 15) is 9.18 Å². The van der Waals surface area contributed by atoms with Crippen LogP contribution in [-0.4, -0.2) is 64.3 Å². The minimum atomic E-state index is -0.305. The van der Waals surface area contributed by atoms with Gasteiger partial charge in [-0.25, -0.2) is 14.4 Å². The fraction of sp³-hybridized carbons (Fsp3) is 0.462. The molecule has 1 amide bonds. The van der Waals surface area contributed by atoms with E-state index in [0.29, 0.717) is 64.9 Å². The van der Waals surface area contributed by atoms with Gasteiger partial charge in [-0.05, 0) is 49.3 Å². The van der Waals surface area contributed by atoms with Crippen molar-refractivity contribution in [3.05, 3.63) is 47.5 Å². The summed E-state index contributed by atoms with van der Waals surface area (Å²) in [7, 11) is 1.56. The van der Waals surface area contributed by atoms with Crippen molar-refractivity contribution in [2.75, 3.05) is 37.8 Å². The topological polar surface area (TPSA) is 92.3 Å². The zero-order chi connectivity index (χ0) is 24.6. The highest BCUT2D eigenvalue weighted by Crippen LogP contribution is 2.38. The SMILES string of the molecule is COc1ccc2ncc(F)c(CCN3C[C@H]4CC(NCc5ccc6c(n5)NC(=O)CS6)C[C@H]4C3)c2n1. The second-order valence-electron chi connectivity index (χ2n) is 9.87. The molecule has 6 rings (SSSR count). The number of carbonyl (C=O) groups excluding carboxylic acids is 1. The molecule has 1 saturated carbocycles. The maximum Gasteiger partial charge on any atom is 0.235 e. The van der Waals surface area contributed by atoms with Gasteiger partial charge < -0.3 is 20.3 Å². The van der Waals surface area contributed by atoms with Gasteiger partial charge in [0.05, 0.1) is 40.7 Å². The second-order valence-corrected chi connectivity index (χ2v) is 10.9. The molecule has 1 aliphatic carbocycles. The van der Waals surface area contributed by atoms with Gasteiger partial charge in [0.2, 0.25) is 11.8 Å². The Morgan fingerprint density at radius 1 is 1.19 bits per heavy atom.